The van der Waals surface area contributed by atoms with Gasteiger partial charge in [0.15, 0.2) is 0 Å². The van der Waals surface area contributed by atoms with E-state index in [1.807, 2.05) is 32.3 Å². The third-order valence-electron chi connectivity index (χ3n) is 3.95. The summed E-state index contributed by atoms with van der Waals surface area (Å²) in [5.41, 5.74) is 0.865. The van der Waals surface area contributed by atoms with Crippen LogP contribution in [0, 0.1) is 5.92 Å². The smallest absolute Gasteiger partial charge is 0.311 e. The lowest BCUT2D eigenvalue weighted by Crippen LogP contribution is -2.43. The van der Waals surface area contributed by atoms with Gasteiger partial charge in [-0.15, -0.1) is 0 Å². The number of allylic oxidation sites excluding steroid dienone is 1. The maximum Gasteiger partial charge on any atom is 0.311 e. The molecule has 22 heavy (non-hydrogen) atoms. The number of nitrogens with zero attached hydrogens (tertiary/aromatic N) is 3. The molecule has 2 atom stereocenters. The van der Waals surface area contributed by atoms with Gasteiger partial charge < -0.3 is 9.64 Å². The highest BCUT2D eigenvalue weighted by molar-refractivity contribution is 5.82. The van der Waals surface area contributed by atoms with E-state index >= 15 is 0 Å². The minimum atomic E-state index is -0.345. The molecule has 120 valence electrons. The highest BCUT2D eigenvalue weighted by Gasteiger charge is 2.40. The predicted octanol–water partition coefficient (Wildman–Crippen LogP) is 1.84. The monoisotopic (exact) mass is 305 g/mol. The Morgan fingerprint density at radius 3 is 2.86 bits per heavy atom. The summed E-state index contributed by atoms with van der Waals surface area (Å²) in [6, 6.07) is -0.308. The highest BCUT2D eigenvalue weighted by atomic mass is 16.5. The number of hydrogen-bond donors (Lipinski definition) is 0. The largest absolute Gasteiger partial charge is 0.461 e. The molecule has 6 heteroatoms. The molecule has 0 aliphatic carbocycles. The van der Waals surface area contributed by atoms with Crippen LogP contribution in [0.5, 0.6) is 0 Å². The molecule has 0 N–H and O–H groups in total. The van der Waals surface area contributed by atoms with Crippen LogP contribution in [0.15, 0.2) is 24.5 Å². The van der Waals surface area contributed by atoms with E-state index in [-0.39, 0.29) is 30.4 Å². The molecule has 1 aromatic rings. The van der Waals surface area contributed by atoms with Crippen molar-refractivity contribution >= 4 is 11.9 Å². The summed E-state index contributed by atoms with van der Waals surface area (Å²) in [7, 11) is 3.55. The van der Waals surface area contributed by atoms with E-state index in [1.54, 1.807) is 22.8 Å². The summed E-state index contributed by atoms with van der Waals surface area (Å²) < 4.78 is 7.01. The van der Waals surface area contributed by atoms with Crippen LogP contribution in [0.3, 0.4) is 0 Å². The first-order valence-corrected chi connectivity index (χ1v) is 7.60. The molecule has 1 aromatic heterocycles. The fourth-order valence-corrected chi connectivity index (χ4v) is 2.81. The van der Waals surface area contributed by atoms with Crippen molar-refractivity contribution in [3.05, 3.63) is 30.1 Å². The molecule has 1 aliphatic heterocycles. The van der Waals surface area contributed by atoms with E-state index in [2.05, 4.69) is 5.10 Å². The van der Waals surface area contributed by atoms with Crippen molar-refractivity contribution in [1.82, 2.24) is 14.7 Å². The number of ether oxygens (including phenoxy) is 1. The summed E-state index contributed by atoms with van der Waals surface area (Å²) in [6.07, 6.45) is 9.15. The second-order valence-corrected chi connectivity index (χ2v) is 5.55. The lowest BCUT2D eigenvalue weighted by molar-refractivity contribution is -0.155. The zero-order valence-corrected chi connectivity index (χ0v) is 13.4. The van der Waals surface area contributed by atoms with Crippen molar-refractivity contribution in [3.8, 4) is 0 Å². The molecule has 1 amide bonds. The first-order valence-electron chi connectivity index (χ1n) is 7.60. The number of carbonyl (C=O) groups is 2. The van der Waals surface area contributed by atoms with Crippen molar-refractivity contribution in [2.45, 2.75) is 32.2 Å². The van der Waals surface area contributed by atoms with Crippen molar-refractivity contribution in [2.75, 3.05) is 13.7 Å². The van der Waals surface area contributed by atoms with Gasteiger partial charge in [0.2, 0.25) is 5.91 Å². The summed E-state index contributed by atoms with van der Waals surface area (Å²) in [6.45, 7) is 2.30. The number of hydrogen-bond acceptors (Lipinski definition) is 4. The molecular weight excluding hydrogens is 282 g/mol. The number of rotatable bonds is 5. The third kappa shape index (κ3) is 3.55. The Morgan fingerprint density at radius 2 is 2.23 bits per heavy atom. The van der Waals surface area contributed by atoms with Gasteiger partial charge in [-0.25, -0.2) is 0 Å². The van der Waals surface area contributed by atoms with Crippen LogP contribution < -0.4 is 0 Å². The van der Waals surface area contributed by atoms with Gasteiger partial charge in [-0.05, 0) is 12.8 Å². The Hall–Kier alpha value is -2.11. The van der Waals surface area contributed by atoms with Crippen molar-refractivity contribution < 1.29 is 14.3 Å². The maximum atomic E-state index is 12.4. The van der Waals surface area contributed by atoms with Crippen LogP contribution in [0.2, 0.25) is 0 Å². The average Bonchev–Trinajstić information content (AvgIpc) is 2.92. The van der Waals surface area contributed by atoms with Crippen LogP contribution in [-0.2, 0) is 21.4 Å². The van der Waals surface area contributed by atoms with Crippen molar-refractivity contribution in [1.29, 1.82) is 0 Å². The Kier molecular flexibility index (Phi) is 5.35. The summed E-state index contributed by atoms with van der Waals surface area (Å²) >= 11 is 0. The predicted molar refractivity (Wildman–Crippen MR) is 81.8 cm³/mol. The van der Waals surface area contributed by atoms with Gasteiger partial charge in [-0.2, -0.15) is 5.10 Å². The highest BCUT2D eigenvalue weighted by Crippen LogP contribution is 2.36. The molecule has 0 bridgehead atoms. The van der Waals surface area contributed by atoms with E-state index in [0.29, 0.717) is 12.8 Å². The number of amides is 1. The van der Waals surface area contributed by atoms with E-state index in [0.717, 1.165) is 12.0 Å². The summed E-state index contributed by atoms with van der Waals surface area (Å²) in [4.78, 5) is 26.0. The lowest BCUT2D eigenvalue weighted by Gasteiger charge is -2.37. The summed E-state index contributed by atoms with van der Waals surface area (Å²) in [5, 5.41) is 4.15. The van der Waals surface area contributed by atoms with Gasteiger partial charge in [0.05, 0.1) is 18.2 Å². The Labute approximate surface area is 130 Å². The van der Waals surface area contributed by atoms with Crippen LogP contribution in [0.25, 0.3) is 0 Å². The number of aryl methyl sites for hydroxylation is 1. The Balaban J connectivity index is 2.14. The fourth-order valence-electron chi connectivity index (χ4n) is 2.81. The molecule has 0 radical (unpaired) electrons. The van der Waals surface area contributed by atoms with E-state index < -0.39 is 0 Å². The molecule has 2 rings (SSSR count). The average molecular weight is 305 g/mol. The van der Waals surface area contributed by atoms with Gasteiger partial charge in [0, 0.05) is 32.3 Å². The minimum absolute atomic E-state index is 0.0452. The van der Waals surface area contributed by atoms with Crippen LogP contribution in [0.1, 0.15) is 37.8 Å². The van der Waals surface area contributed by atoms with Gasteiger partial charge in [-0.1, -0.05) is 19.1 Å². The third-order valence-corrected chi connectivity index (χ3v) is 3.95. The van der Waals surface area contributed by atoms with Gasteiger partial charge in [0.1, 0.15) is 6.61 Å². The number of carbonyl (C=O) groups excluding carboxylic acids is 2. The quantitative estimate of drug-likeness (QED) is 0.615. The Bertz CT molecular complexity index is 565. The molecule has 1 saturated heterocycles. The van der Waals surface area contributed by atoms with Crippen LogP contribution >= 0.6 is 0 Å². The maximum absolute atomic E-state index is 12.4. The van der Waals surface area contributed by atoms with Gasteiger partial charge in [0.25, 0.3) is 0 Å². The van der Waals surface area contributed by atoms with Crippen molar-refractivity contribution in [2.24, 2.45) is 13.0 Å². The second-order valence-electron chi connectivity index (χ2n) is 5.55. The van der Waals surface area contributed by atoms with Crippen molar-refractivity contribution in [3.63, 3.8) is 0 Å². The van der Waals surface area contributed by atoms with E-state index in [1.165, 1.54) is 0 Å². The molecule has 0 aromatic carbocycles. The zero-order chi connectivity index (χ0) is 16.1. The van der Waals surface area contributed by atoms with E-state index in [9.17, 15) is 9.59 Å². The fraction of sp³-hybridized carbons (Fsp3) is 0.562. The van der Waals surface area contributed by atoms with Gasteiger partial charge >= 0.3 is 5.97 Å². The summed E-state index contributed by atoms with van der Waals surface area (Å²) in [5.74, 6) is -0.556. The molecule has 2 heterocycles. The number of esters is 1. The normalized spacial score (nSPS) is 22.3. The molecule has 0 spiro atoms. The molecule has 6 nitrogen and oxygen atoms in total. The number of likely N-dealkylation sites (tertiary alicyclic amines) is 1. The molecular formula is C16H23N3O3. The van der Waals surface area contributed by atoms with E-state index in [4.69, 9.17) is 4.74 Å². The van der Waals surface area contributed by atoms with Crippen LogP contribution in [-0.4, -0.2) is 40.2 Å². The molecule has 1 aliphatic rings. The first kappa shape index (κ1) is 16.3. The molecule has 2 unspecified atom stereocenters. The topological polar surface area (TPSA) is 64.4 Å². The standard InChI is InChI=1S/C16H23N3O3/c1-4-5-6-9-22-16(21)13-7-8-14(20)19(3)15(13)12-10-17-18(2)11-12/h5-6,10-11,13,15H,4,7-9H2,1-3H3. The number of aromatic nitrogens is 2. The molecule has 1 fully saturated rings. The molecule has 0 saturated carbocycles. The zero-order valence-electron chi connectivity index (χ0n) is 13.4. The number of piperidine rings is 1. The van der Waals surface area contributed by atoms with Crippen LogP contribution in [0.4, 0.5) is 0 Å². The minimum Gasteiger partial charge on any atom is -0.461 e. The van der Waals surface area contributed by atoms with Gasteiger partial charge in [-0.3, -0.25) is 14.3 Å². The Morgan fingerprint density at radius 1 is 1.45 bits per heavy atom. The SMILES string of the molecule is CCC=CCOC(=O)C1CCC(=O)N(C)C1c1cnn(C)c1. The first-order chi connectivity index (χ1) is 10.5. The second kappa shape index (κ2) is 7.24. The lowest BCUT2D eigenvalue weighted by atomic mass is 9.86.